The third kappa shape index (κ3) is 3.69. The van der Waals surface area contributed by atoms with Crippen LogP contribution in [-0.2, 0) is 9.59 Å². The third-order valence-corrected chi connectivity index (χ3v) is 1.95. The van der Waals surface area contributed by atoms with E-state index in [9.17, 15) is 22.8 Å². The molecule has 16 heavy (non-hydrogen) atoms. The number of halogens is 3. The van der Waals surface area contributed by atoms with Gasteiger partial charge in [0.15, 0.2) is 5.54 Å². The Morgan fingerprint density at radius 2 is 1.81 bits per heavy atom. The summed E-state index contributed by atoms with van der Waals surface area (Å²) < 4.78 is 37.0. The zero-order valence-electron chi connectivity index (χ0n) is 8.89. The molecule has 2 unspecified atom stereocenters. The van der Waals surface area contributed by atoms with Gasteiger partial charge in [0.05, 0.1) is 0 Å². The van der Waals surface area contributed by atoms with E-state index in [1.54, 1.807) is 0 Å². The van der Waals surface area contributed by atoms with Gasteiger partial charge in [0, 0.05) is 12.5 Å². The van der Waals surface area contributed by atoms with Gasteiger partial charge < -0.3 is 16.8 Å². The summed E-state index contributed by atoms with van der Waals surface area (Å²) in [5.41, 5.74) is 6.70. The Labute approximate surface area is 90.3 Å². The zero-order valence-corrected chi connectivity index (χ0v) is 8.89. The van der Waals surface area contributed by atoms with Gasteiger partial charge in [0.25, 0.3) is 0 Å². The van der Waals surface area contributed by atoms with Crippen molar-refractivity contribution >= 4 is 11.8 Å². The average Bonchev–Trinajstić information content (AvgIpc) is 1.99. The summed E-state index contributed by atoms with van der Waals surface area (Å²) in [6.45, 7) is 1.91. The van der Waals surface area contributed by atoms with Crippen LogP contribution in [0.25, 0.3) is 0 Å². The molecule has 0 aliphatic carbocycles. The van der Waals surface area contributed by atoms with Crippen LogP contribution in [0.2, 0.25) is 0 Å². The number of primary amides is 1. The molecule has 0 saturated carbocycles. The summed E-state index contributed by atoms with van der Waals surface area (Å²) in [7, 11) is 0. The normalized spacial score (nSPS) is 17.4. The Bertz CT molecular complexity index is 289. The maximum absolute atomic E-state index is 12.3. The van der Waals surface area contributed by atoms with E-state index in [2.05, 4.69) is 0 Å². The molecule has 0 aromatic carbocycles. The van der Waals surface area contributed by atoms with Gasteiger partial charge in [-0.3, -0.25) is 9.59 Å². The number of hydrogen-bond donors (Lipinski definition) is 3. The van der Waals surface area contributed by atoms with Crippen LogP contribution in [-0.4, -0.2) is 29.6 Å². The van der Waals surface area contributed by atoms with Crippen LogP contribution >= 0.6 is 0 Å². The van der Waals surface area contributed by atoms with E-state index in [1.807, 2.05) is 5.32 Å². The number of hydrogen-bond acceptors (Lipinski definition) is 3. The Balaban J connectivity index is 4.53. The van der Waals surface area contributed by atoms with E-state index in [-0.39, 0.29) is 6.42 Å². The summed E-state index contributed by atoms with van der Waals surface area (Å²) in [5.74, 6) is -2.12. The highest BCUT2D eigenvalue weighted by molar-refractivity contribution is 5.87. The molecule has 0 heterocycles. The predicted molar refractivity (Wildman–Crippen MR) is 50.1 cm³/mol. The molecule has 0 bridgehead atoms. The second-order valence-electron chi connectivity index (χ2n) is 3.75. The molecule has 2 atom stereocenters. The lowest BCUT2D eigenvalue weighted by molar-refractivity contribution is -0.187. The lowest BCUT2D eigenvalue weighted by Gasteiger charge is -2.27. The molecule has 0 aliphatic rings. The van der Waals surface area contributed by atoms with Gasteiger partial charge in [-0.2, -0.15) is 13.2 Å². The topological polar surface area (TPSA) is 98.2 Å². The van der Waals surface area contributed by atoms with Gasteiger partial charge in [0.1, 0.15) is 0 Å². The molecule has 0 spiro atoms. The van der Waals surface area contributed by atoms with Crippen LogP contribution in [0.4, 0.5) is 13.2 Å². The van der Waals surface area contributed by atoms with Crippen molar-refractivity contribution in [1.82, 2.24) is 5.32 Å². The van der Waals surface area contributed by atoms with Crippen LogP contribution in [0, 0.1) is 0 Å². The number of amides is 2. The number of alkyl halides is 3. The molecule has 0 fully saturated rings. The number of rotatable bonds is 4. The van der Waals surface area contributed by atoms with E-state index < -0.39 is 29.6 Å². The molecular weight excluding hydrogens is 227 g/mol. The first-order valence-corrected chi connectivity index (χ1v) is 4.43. The Morgan fingerprint density at radius 1 is 1.38 bits per heavy atom. The Kier molecular flexibility index (Phi) is 4.30. The van der Waals surface area contributed by atoms with E-state index >= 15 is 0 Å². The van der Waals surface area contributed by atoms with E-state index in [4.69, 9.17) is 11.5 Å². The molecule has 94 valence electrons. The fraction of sp³-hybridized carbons (Fsp3) is 0.750. The summed E-state index contributed by atoms with van der Waals surface area (Å²) in [6.07, 6.45) is -5.11. The summed E-state index contributed by atoms with van der Waals surface area (Å²) in [5, 5.41) is 1.97. The maximum atomic E-state index is 12.3. The third-order valence-electron chi connectivity index (χ3n) is 1.95. The average molecular weight is 241 g/mol. The van der Waals surface area contributed by atoms with Crippen molar-refractivity contribution in [1.29, 1.82) is 0 Å². The van der Waals surface area contributed by atoms with Crippen LogP contribution in [0.5, 0.6) is 0 Å². The summed E-state index contributed by atoms with van der Waals surface area (Å²) >= 11 is 0. The van der Waals surface area contributed by atoms with Gasteiger partial charge in [-0.1, -0.05) is 0 Å². The molecule has 0 radical (unpaired) electrons. The molecule has 5 N–H and O–H groups in total. The molecule has 5 nitrogen and oxygen atoms in total. The largest absolute Gasteiger partial charge is 0.415 e. The van der Waals surface area contributed by atoms with Gasteiger partial charge >= 0.3 is 6.18 Å². The van der Waals surface area contributed by atoms with Gasteiger partial charge in [-0.25, -0.2) is 0 Å². The monoisotopic (exact) mass is 241 g/mol. The first-order chi connectivity index (χ1) is 6.98. The second kappa shape index (κ2) is 4.69. The van der Waals surface area contributed by atoms with Crippen molar-refractivity contribution in [3.05, 3.63) is 0 Å². The quantitative estimate of drug-likeness (QED) is 0.627. The molecule has 2 amide bonds. The highest BCUT2D eigenvalue weighted by Gasteiger charge is 2.54. The van der Waals surface area contributed by atoms with Gasteiger partial charge in [-0.05, 0) is 13.8 Å². The lowest BCUT2D eigenvalue weighted by Crippen LogP contribution is -2.62. The smallest absolute Gasteiger partial charge is 0.370 e. The van der Waals surface area contributed by atoms with Crippen molar-refractivity contribution in [2.45, 2.75) is 38.0 Å². The highest BCUT2D eigenvalue weighted by Crippen LogP contribution is 2.28. The van der Waals surface area contributed by atoms with Crippen LogP contribution in [0.1, 0.15) is 20.3 Å². The predicted octanol–water partition coefficient (Wildman–Crippen LogP) is -0.354. The van der Waals surface area contributed by atoms with Crippen LogP contribution in [0.3, 0.4) is 0 Å². The molecule has 0 rings (SSSR count). The highest BCUT2D eigenvalue weighted by atomic mass is 19.4. The minimum atomic E-state index is -4.86. The molecule has 8 heteroatoms. The number of carbonyl (C=O) groups excluding carboxylic acids is 2. The van der Waals surface area contributed by atoms with Crippen molar-refractivity contribution in [3.63, 3.8) is 0 Å². The van der Waals surface area contributed by atoms with Gasteiger partial charge in [0.2, 0.25) is 11.8 Å². The van der Waals surface area contributed by atoms with Crippen molar-refractivity contribution in [2.24, 2.45) is 11.5 Å². The molecule has 0 aliphatic heterocycles. The van der Waals surface area contributed by atoms with Crippen molar-refractivity contribution in [2.75, 3.05) is 0 Å². The fourth-order valence-corrected chi connectivity index (χ4v) is 0.855. The minimum Gasteiger partial charge on any atom is -0.370 e. The van der Waals surface area contributed by atoms with E-state index in [1.165, 1.54) is 6.92 Å². The number of nitrogens with two attached hydrogens (primary N) is 2. The Morgan fingerprint density at radius 3 is 2.12 bits per heavy atom. The van der Waals surface area contributed by atoms with E-state index in [0.29, 0.717) is 6.92 Å². The van der Waals surface area contributed by atoms with Crippen LogP contribution < -0.4 is 16.8 Å². The van der Waals surface area contributed by atoms with E-state index in [0.717, 1.165) is 0 Å². The van der Waals surface area contributed by atoms with Crippen LogP contribution in [0.15, 0.2) is 0 Å². The molecule has 0 saturated heterocycles. The van der Waals surface area contributed by atoms with Crippen molar-refractivity contribution < 1.29 is 22.8 Å². The molecular formula is C8H14F3N3O2. The minimum absolute atomic E-state index is 0.250. The first kappa shape index (κ1) is 14.7. The van der Waals surface area contributed by atoms with Crippen molar-refractivity contribution in [3.8, 4) is 0 Å². The standard InChI is InChI=1S/C8H14F3N3O2/c1-4(3-5(12)15)14-6(16)7(2,13)8(9,10)11/h4H,3,13H2,1-2H3,(H2,12,15)(H,14,16). The zero-order chi connectivity index (χ0) is 13.1. The summed E-state index contributed by atoms with van der Waals surface area (Å²) in [4.78, 5) is 21.7. The fourth-order valence-electron chi connectivity index (χ4n) is 0.855. The number of nitrogens with one attached hydrogen (secondary N) is 1. The molecule has 0 aromatic rings. The SMILES string of the molecule is CC(CC(N)=O)NC(=O)C(C)(N)C(F)(F)F. The Hall–Kier alpha value is -1.31. The van der Waals surface area contributed by atoms with Gasteiger partial charge in [-0.15, -0.1) is 0 Å². The summed E-state index contributed by atoms with van der Waals surface area (Å²) in [6, 6.07) is -0.796. The lowest BCUT2D eigenvalue weighted by atomic mass is 10.0. The first-order valence-electron chi connectivity index (χ1n) is 4.43. The number of carbonyl (C=O) groups is 2. The molecule has 0 aromatic heterocycles. The maximum Gasteiger partial charge on any atom is 0.415 e. The second-order valence-corrected chi connectivity index (χ2v) is 3.75.